The fourth-order valence-electron chi connectivity index (χ4n) is 3.68. The van der Waals surface area contributed by atoms with Crippen molar-refractivity contribution in [2.24, 2.45) is 0 Å². The predicted octanol–water partition coefficient (Wildman–Crippen LogP) is 5.54. The first-order valence-corrected chi connectivity index (χ1v) is 9.51. The molecule has 3 aromatic rings. The number of allylic oxidation sites excluding steroid dienone is 3. The average molecular weight is 380 g/mol. The summed E-state index contributed by atoms with van der Waals surface area (Å²) >= 11 is 0. The zero-order chi connectivity index (χ0) is 20.2. The monoisotopic (exact) mass is 380 g/mol. The summed E-state index contributed by atoms with van der Waals surface area (Å²) in [6, 6.07) is 28.9. The van der Waals surface area contributed by atoms with Crippen LogP contribution in [0, 0.1) is 0 Å². The molecular formula is C26H20O3. The first kappa shape index (κ1) is 18.6. The summed E-state index contributed by atoms with van der Waals surface area (Å²) in [6.07, 6.45) is 0.186. The molecule has 1 aliphatic rings. The Morgan fingerprint density at radius 1 is 0.724 bits per heavy atom. The Kier molecular flexibility index (Phi) is 5.21. The van der Waals surface area contributed by atoms with E-state index in [1.54, 1.807) is 0 Å². The Labute approximate surface area is 170 Å². The third-order valence-electron chi connectivity index (χ3n) is 4.85. The Balaban J connectivity index is 2.03. The number of ketones is 1. The molecule has 0 N–H and O–H groups in total. The largest absolute Gasteiger partial charge is 0.426 e. The number of ether oxygens (including phenoxy) is 1. The molecule has 0 atom stereocenters. The van der Waals surface area contributed by atoms with E-state index in [4.69, 9.17) is 4.74 Å². The molecule has 0 fully saturated rings. The molecule has 3 heteroatoms. The lowest BCUT2D eigenvalue weighted by Gasteiger charge is -2.15. The second-order valence-corrected chi connectivity index (χ2v) is 6.85. The van der Waals surface area contributed by atoms with Crippen LogP contribution in [0.1, 0.15) is 30.0 Å². The molecule has 3 aromatic carbocycles. The van der Waals surface area contributed by atoms with Crippen LogP contribution < -0.4 is 0 Å². The molecule has 142 valence electrons. The van der Waals surface area contributed by atoms with Crippen molar-refractivity contribution in [1.29, 1.82) is 0 Å². The summed E-state index contributed by atoms with van der Waals surface area (Å²) in [4.78, 5) is 25.1. The third kappa shape index (κ3) is 3.81. The maximum absolute atomic E-state index is 13.2. The number of hydrogen-bond donors (Lipinski definition) is 0. The standard InChI is InChI=1S/C26H20O3/c1-18(27)29-26(21-15-9-4-10-16-21)22-17-23(28)25(20-13-7-3-8-14-20)24(22)19-11-5-2-6-12-19/h2-16H,17H2,1H3/b26-22-. The fourth-order valence-corrected chi connectivity index (χ4v) is 3.68. The summed E-state index contributed by atoms with van der Waals surface area (Å²) in [5, 5.41) is 0. The van der Waals surface area contributed by atoms with Crippen LogP contribution in [-0.2, 0) is 14.3 Å². The SMILES string of the molecule is CC(=O)O/C(=C1/CC(=O)C(c2ccccc2)=C1c1ccccc1)c1ccccc1. The molecule has 0 heterocycles. The lowest BCUT2D eigenvalue weighted by atomic mass is 9.93. The third-order valence-corrected chi connectivity index (χ3v) is 4.85. The Hall–Kier alpha value is -3.72. The van der Waals surface area contributed by atoms with E-state index in [0.717, 1.165) is 27.8 Å². The van der Waals surface area contributed by atoms with Crippen LogP contribution >= 0.6 is 0 Å². The minimum absolute atomic E-state index is 0.0191. The van der Waals surface area contributed by atoms with Crippen LogP contribution in [0.2, 0.25) is 0 Å². The van der Waals surface area contributed by atoms with E-state index in [2.05, 4.69) is 0 Å². The second-order valence-electron chi connectivity index (χ2n) is 6.85. The maximum Gasteiger partial charge on any atom is 0.308 e. The van der Waals surface area contributed by atoms with Crippen LogP contribution in [0.3, 0.4) is 0 Å². The molecule has 0 amide bonds. The topological polar surface area (TPSA) is 43.4 Å². The Bertz CT molecular complexity index is 1110. The van der Waals surface area contributed by atoms with Crippen LogP contribution in [0.25, 0.3) is 16.9 Å². The molecule has 0 aliphatic heterocycles. The molecule has 0 saturated carbocycles. The van der Waals surface area contributed by atoms with Gasteiger partial charge in [0.25, 0.3) is 0 Å². The number of benzene rings is 3. The molecule has 0 bridgehead atoms. The Morgan fingerprint density at radius 3 is 1.72 bits per heavy atom. The second kappa shape index (κ2) is 8.11. The van der Waals surface area contributed by atoms with Crippen molar-refractivity contribution in [1.82, 2.24) is 0 Å². The fraction of sp³-hybridized carbons (Fsp3) is 0.0769. The highest BCUT2D eigenvalue weighted by Gasteiger charge is 2.33. The van der Waals surface area contributed by atoms with Crippen LogP contribution in [0.15, 0.2) is 96.6 Å². The van der Waals surface area contributed by atoms with Crippen molar-refractivity contribution in [3.05, 3.63) is 113 Å². The molecular weight excluding hydrogens is 360 g/mol. The van der Waals surface area contributed by atoms with Crippen LogP contribution in [-0.4, -0.2) is 11.8 Å². The molecule has 4 rings (SSSR count). The van der Waals surface area contributed by atoms with Crippen molar-refractivity contribution in [2.45, 2.75) is 13.3 Å². The zero-order valence-electron chi connectivity index (χ0n) is 16.1. The van der Waals surface area contributed by atoms with E-state index in [1.165, 1.54) is 6.92 Å². The van der Waals surface area contributed by atoms with E-state index < -0.39 is 5.97 Å². The average Bonchev–Trinajstić information content (AvgIpc) is 3.10. The minimum Gasteiger partial charge on any atom is -0.426 e. The molecule has 1 aliphatic carbocycles. The van der Waals surface area contributed by atoms with Gasteiger partial charge in [0.2, 0.25) is 0 Å². The van der Waals surface area contributed by atoms with Crippen molar-refractivity contribution < 1.29 is 14.3 Å². The number of Topliss-reactive ketones (excluding diaryl/α,β-unsaturated/α-hetero) is 1. The van der Waals surface area contributed by atoms with Crippen molar-refractivity contribution in [2.75, 3.05) is 0 Å². The van der Waals surface area contributed by atoms with Gasteiger partial charge < -0.3 is 4.74 Å². The van der Waals surface area contributed by atoms with E-state index in [1.807, 2.05) is 91.0 Å². The highest BCUT2D eigenvalue weighted by Crippen LogP contribution is 2.44. The summed E-state index contributed by atoms with van der Waals surface area (Å²) in [5.74, 6) is 0.0474. The predicted molar refractivity (Wildman–Crippen MR) is 114 cm³/mol. The molecule has 0 spiro atoms. The molecule has 0 aromatic heterocycles. The van der Waals surface area contributed by atoms with Gasteiger partial charge in [-0.15, -0.1) is 0 Å². The van der Waals surface area contributed by atoms with Gasteiger partial charge in [0, 0.05) is 35.6 Å². The number of carbonyl (C=O) groups is 2. The normalized spacial score (nSPS) is 15.4. The van der Waals surface area contributed by atoms with E-state index in [-0.39, 0.29) is 12.2 Å². The molecule has 29 heavy (non-hydrogen) atoms. The van der Waals surface area contributed by atoms with Gasteiger partial charge in [0.1, 0.15) is 5.76 Å². The molecule has 0 unspecified atom stereocenters. The zero-order valence-corrected chi connectivity index (χ0v) is 16.1. The summed E-state index contributed by atoms with van der Waals surface area (Å²) in [7, 11) is 0. The quantitative estimate of drug-likeness (QED) is 0.441. The molecule has 3 nitrogen and oxygen atoms in total. The minimum atomic E-state index is -0.413. The summed E-state index contributed by atoms with van der Waals surface area (Å²) in [6.45, 7) is 1.38. The van der Waals surface area contributed by atoms with Crippen molar-refractivity contribution in [3.8, 4) is 0 Å². The van der Waals surface area contributed by atoms with E-state index >= 15 is 0 Å². The van der Waals surface area contributed by atoms with Gasteiger partial charge in [0.05, 0.1) is 0 Å². The Morgan fingerprint density at radius 2 is 1.21 bits per heavy atom. The number of carbonyl (C=O) groups excluding carboxylic acids is 2. The van der Waals surface area contributed by atoms with Gasteiger partial charge in [-0.1, -0.05) is 91.0 Å². The van der Waals surface area contributed by atoms with Gasteiger partial charge >= 0.3 is 5.97 Å². The number of rotatable bonds is 4. The van der Waals surface area contributed by atoms with Gasteiger partial charge in [-0.3, -0.25) is 9.59 Å². The van der Waals surface area contributed by atoms with Gasteiger partial charge in [0.15, 0.2) is 5.78 Å². The van der Waals surface area contributed by atoms with Crippen molar-refractivity contribution in [3.63, 3.8) is 0 Å². The maximum atomic E-state index is 13.2. The van der Waals surface area contributed by atoms with Gasteiger partial charge in [-0.05, 0) is 11.1 Å². The van der Waals surface area contributed by atoms with Crippen LogP contribution in [0.4, 0.5) is 0 Å². The smallest absolute Gasteiger partial charge is 0.308 e. The molecule has 0 saturated heterocycles. The first-order valence-electron chi connectivity index (χ1n) is 9.51. The highest BCUT2D eigenvalue weighted by molar-refractivity contribution is 6.36. The number of esters is 1. The van der Waals surface area contributed by atoms with Crippen molar-refractivity contribution >= 4 is 28.7 Å². The highest BCUT2D eigenvalue weighted by atomic mass is 16.5. The van der Waals surface area contributed by atoms with Gasteiger partial charge in [-0.25, -0.2) is 0 Å². The lowest BCUT2D eigenvalue weighted by Crippen LogP contribution is -2.03. The lowest BCUT2D eigenvalue weighted by molar-refractivity contribution is -0.134. The first-order chi connectivity index (χ1) is 14.1. The van der Waals surface area contributed by atoms with Crippen LogP contribution in [0.5, 0.6) is 0 Å². The van der Waals surface area contributed by atoms with E-state index in [9.17, 15) is 9.59 Å². The summed E-state index contributed by atoms with van der Waals surface area (Å²) < 4.78 is 5.66. The summed E-state index contributed by atoms with van der Waals surface area (Å²) in [5.41, 5.74) is 4.78. The molecule has 0 radical (unpaired) electrons. The number of hydrogen-bond acceptors (Lipinski definition) is 3. The van der Waals surface area contributed by atoms with E-state index in [0.29, 0.717) is 11.3 Å². The van der Waals surface area contributed by atoms with Gasteiger partial charge in [-0.2, -0.15) is 0 Å².